The zero-order valence-electron chi connectivity index (χ0n) is 10.2. The molecule has 2 aromatic rings. The quantitative estimate of drug-likeness (QED) is 0.721. The molecule has 0 aliphatic rings. The van der Waals surface area contributed by atoms with Gasteiger partial charge in [-0.3, -0.25) is 9.59 Å². The fraction of sp³-hybridized carbons (Fsp3) is 0.182. The Hall–Kier alpha value is -2.77. The number of carbonyl (C=O) groups excluding carboxylic acids is 2. The fourth-order valence-corrected chi connectivity index (χ4v) is 1.43. The maximum absolute atomic E-state index is 11.8. The molecule has 3 N–H and O–H groups in total. The van der Waals surface area contributed by atoms with Gasteiger partial charge < -0.3 is 10.6 Å². The lowest BCUT2D eigenvalue weighted by Gasteiger charge is -2.05. The Kier molecular flexibility index (Phi) is 3.81. The second kappa shape index (κ2) is 5.71. The molecule has 0 bridgehead atoms. The number of hydrogen-bond donors (Lipinski definition) is 3. The number of nitrogens with zero attached hydrogens (tertiary/aromatic N) is 3. The topological polar surface area (TPSA) is 113 Å². The van der Waals surface area contributed by atoms with E-state index in [-0.39, 0.29) is 18.4 Å². The number of H-pyrrole nitrogens is 1. The highest BCUT2D eigenvalue weighted by molar-refractivity contribution is 5.95. The van der Waals surface area contributed by atoms with Gasteiger partial charge in [0.1, 0.15) is 0 Å². The average molecular weight is 260 g/mol. The van der Waals surface area contributed by atoms with Gasteiger partial charge in [-0.25, -0.2) is 0 Å². The molecule has 1 aromatic heterocycles. The summed E-state index contributed by atoms with van der Waals surface area (Å²) in [4.78, 5) is 22.6. The molecule has 2 amide bonds. The molecule has 1 heterocycles. The van der Waals surface area contributed by atoms with Gasteiger partial charge in [-0.15, -0.1) is 10.2 Å². The lowest BCUT2D eigenvalue weighted by molar-refractivity contribution is -0.114. The first-order chi connectivity index (χ1) is 9.15. The van der Waals surface area contributed by atoms with Gasteiger partial charge in [0.2, 0.25) is 5.91 Å². The first-order valence-corrected chi connectivity index (χ1v) is 5.53. The van der Waals surface area contributed by atoms with Crippen molar-refractivity contribution >= 4 is 17.5 Å². The van der Waals surface area contributed by atoms with Gasteiger partial charge in [0.15, 0.2) is 5.82 Å². The number of aromatic nitrogens is 4. The summed E-state index contributed by atoms with van der Waals surface area (Å²) in [6, 6.07) is 6.56. The number of carbonyl (C=O) groups is 2. The molecule has 8 nitrogen and oxygen atoms in total. The van der Waals surface area contributed by atoms with Crippen LogP contribution in [-0.2, 0) is 11.3 Å². The molecule has 0 atom stereocenters. The Morgan fingerprint density at radius 3 is 2.58 bits per heavy atom. The number of benzene rings is 1. The monoisotopic (exact) mass is 260 g/mol. The first-order valence-electron chi connectivity index (χ1n) is 5.53. The van der Waals surface area contributed by atoms with Crippen molar-refractivity contribution in [1.29, 1.82) is 0 Å². The Morgan fingerprint density at radius 1 is 1.26 bits per heavy atom. The first kappa shape index (κ1) is 12.7. The van der Waals surface area contributed by atoms with Crippen LogP contribution in [0.3, 0.4) is 0 Å². The van der Waals surface area contributed by atoms with Crippen molar-refractivity contribution in [3.8, 4) is 0 Å². The minimum atomic E-state index is -0.251. The van der Waals surface area contributed by atoms with Gasteiger partial charge in [-0.1, -0.05) is 5.21 Å². The Bertz CT molecular complexity index is 563. The third-order valence-corrected chi connectivity index (χ3v) is 2.26. The number of rotatable bonds is 4. The molecule has 0 saturated carbocycles. The molecule has 0 radical (unpaired) electrons. The number of anilines is 1. The number of hydrogen-bond acceptors (Lipinski definition) is 5. The van der Waals surface area contributed by atoms with Gasteiger partial charge in [-0.05, 0) is 24.3 Å². The van der Waals surface area contributed by atoms with Crippen LogP contribution in [0.2, 0.25) is 0 Å². The van der Waals surface area contributed by atoms with Crippen molar-refractivity contribution < 1.29 is 9.59 Å². The molecule has 1 aromatic carbocycles. The maximum Gasteiger partial charge on any atom is 0.251 e. The summed E-state index contributed by atoms with van der Waals surface area (Å²) in [7, 11) is 0. The van der Waals surface area contributed by atoms with Gasteiger partial charge in [0.05, 0.1) is 6.54 Å². The largest absolute Gasteiger partial charge is 0.345 e. The summed E-state index contributed by atoms with van der Waals surface area (Å²) >= 11 is 0. The second-order valence-electron chi connectivity index (χ2n) is 3.77. The van der Waals surface area contributed by atoms with Gasteiger partial charge in [-0.2, -0.15) is 5.21 Å². The van der Waals surface area contributed by atoms with Gasteiger partial charge >= 0.3 is 0 Å². The van der Waals surface area contributed by atoms with Crippen molar-refractivity contribution in [3.63, 3.8) is 0 Å². The SMILES string of the molecule is CC(=O)Nc1ccc(C(=O)NCc2nn[nH]n2)cc1. The van der Waals surface area contributed by atoms with Crippen LogP contribution in [0, 0.1) is 0 Å². The number of amides is 2. The highest BCUT2D eigenvalue weighted by Crippen LogP contribution is 2.09. The zero-order chi connectivity index (χ0) is 13.7. The Balaban J connectivity index is 1.93. The molecule has 19 heavy (non-hydrogen) atoms. The predicted molar refractivity (Wildman–Crippen MR) is 66.1 cm³/mol. The smallest absolute Gasteiger partial charge is 0.251 e. The van der Waals surface area contributed by atoms with Crippen LogP contribution in [0.25, 0.3) is 0 Å². The van der Waals surface area contributed by atoms with E-state index in [0.29, 0.717) is 17.1 Å². The Labute approximate surface area is 108 Å². The molecular weight excluding hydrogens is 248 g/mol. The number of tetrazole rings is 1. The van der Waals surface area contributed by atoms with Crippen molar-refractivity contribution in [3.05, 3.63) is 35.7 Å². The minimum Gasteiger partial charge on any atom is -0.345 e. The average Bonchev–Trinajstić information content (AvgIpc) is 2.89. The number of aromatic amines is 1. The van der Waals surface area contributed by atoms with E-state index < -0.39 is 0 Å². The number of nitrogens with one attached hydrogen (secondary N) is 3. The van der Waals surface area contributed by atoms with E-state index in [1.165, 1.54) is 6.92 Å². The fourth-order valence-electron chi connectivity index (χ4n) is 1.43. The van der Waals surface area contributed by atoms with E-state index in [1.54, 1.807) is 24.3 Å². The van der Waals surface area contributed by atoms with Crippen LogP contribution in [0.15, 0.2) is 24.3 Å². The molecule has 0 spiro atoms. The van der Waals surface area contributed by atoms with Gasteiger partial charge in [0.25, 0.3) is 5.91 Å². The van der Waals surface area contributed by atoms with E-state index in [1.807, 2.05) is 0 Å². The molecular formula is C11H12N6O2. The van der Waals surface area contributed by atoms with Crippen molar-refractivity contribution in [2.45, 2.75) is 13.5 Å². The molecule has 2 rings (SSSR count). The Morgan fingerprint density at radius 2 is 2.00 bits per heavy atom. The molecule has 98 valence electrons. The summed E-state index contributed by atoms with van der Waals surface area (Å²) in [5.41, 5.74) is 1.12. The molecule has 0 fully saturated rings. The van der Waals surface area contributed by atoms with Gasteiger partial charge in [0, 0.05) is 18.2 Å². The summed E-state index contributed by atoms with van der Waals surface area (Å²) in [5.74, 6) is -0.00306. The minimum absolute atomic E-state index is 0.158. The molecule has 8 heteroatoms. The van der Waals surface area contributed by atoms with E-state index in [9.17, 15) is 9.59 Å². The lowest BCUT2D eigenvalue weighted by Crippen LogP contribution is -2.23. The van der Waals surface area contributed by atoms with Crippen molar-refractivity contribution in [2.75, 3.05) is 5.32 Å². The highest BCUT2D eigenvalue weighted by Gasteiger charge is 2.07. The summed E-state index contributed by atoms with van der Waals surface area (Å²) in [5, 5.41) is 18.4. The zero-order valence-corrected chi connectivity index (χ0v) is 10.2. The van der Waals surface area contributed by atoms with E-state index in [0.717, 1.165) is 0 Å². The highest BCUT2D eigenvalue weighted by atomic mass is 16.2. The molecule has 0 aliphatic heterocycles. The third-order valence-electron chi connectivity index (χ3n) is 2.26. The van der Waals surface area contributed by atoms with Crippen LogP contribution < -0.4 is 10.6 Å². The summed E-state index contributed by atoms with van der Waals surface area (Å²) in [6.07, 6.45) is 0. The van der Waals surface area contributed by atoms with Crippen LogP contribution >= 0.6 is 0 Å². The lowest BCUT2D eigenvalue weighted by atomic mass is 10.2. The normalized spacial score (nSPS) is 9.95. The van der Waals surface area contributed by atoms with Crippen LogP contribution in [-0.4, -0.2) is 32.4 Å². The second-order valence-corrected chi connectivity index (χ2v) is 3.77. The van der Waals surface area contributed by atoms with Crippen molar-refractivity contribution in [1.82, 2.24) is 25.9 Å². The molecule has 0 saturated heterocycles. The van der Waals surface area contributed by atoms with Crippen LogP contribution in [0.1, 0.15) is 23.1 Å². The third kappa shape index (κ3) is 3.60. The van der Waals surface area contributed by atoms with E-state index in [2.05, 4.69) is 31.3 Å². The van der Waals surface area contributed by atoms with Crippen molar-refractivity contribution in [2.24, 2.45) is 0 Å². The predicted octanol–water partition coefficient (Wildman–Crippen LogP) is 0.0881. The summed E-state index contributed by atoms with van der Waals surface area (Å²) in [6.45, 7) is 1.62. The molecule has 0 aliphatic carbocycles. The summed E-state index contributed by atoms with van der Waals surface area (Å²) < 4.78 is 0. The molecule has 0 unspecified atom stereocenters. The van der Waals surface area contributed by atoms with E-state index in [4.69, 9.17) is 0 Å². The standard InChI is InChI=1S/C11H12N6O2/c1-7(18)13-9-4-2-8(3-5-9)11(19)12-6-10-14-16-17-15-10/h2-5H,6H2,1H3,(H,12,19)(H,13,18)(H,14,15,16,17). The maximum atomic E-state index is 11.8. The van der Waals surface area contributed by atoms with E-state index >= 15 is 0 Å². The van der Waals surface area contributed by atoms with Crippen LogP contribution in [0.5, 0.6) is 0 Å². The van der Waals surface area contributed by atoms with Crippen LogP contribution in [0.4, 0.5) is 5.69 Å².